The summed E-state index contributed by atoms with van der Waals surface area (Å²) in [5.41, 5.74) is 6.06. The van der Waals surface area contributed by atoms with E-state index in [4.69, 9.17) is 11.6 Å². The lowest BCUT2D eigenvalue weighted by Crippen LogP contribution is -2.40. The first-order chi connectivity index (χ1) is 15.4. The van der Waals surface area contributed by atoms with Gasteiger partial charge in [0.25, 0.3) is 5.91 Å². The van der Waals surface area contributed by atoms with Crippen LogP contribution in [-0.2, 0) is 24.9 Å². The zero-order valence-electron chi connectivity index (χ0n) is 18.7. The molecule has 0 saturated heterocycles. The molecule has 166 valence electrons. The smallest absolute Gasteiger partial charge is 0.251 e. The molecule has 4 rings (SSSR count). The van der Waals surface area contributed by atoms with E-state index in [0.717, 1.165) is 47.8 Å². The summed E-state index contributed by atoms with van der Waals surface area (Å²) in [6, 6.07) is 21.9. The minimum atomic E-state index is -0.449. The number of fused-ring (bicyclic) bond motifs is 1. The molecule has 4 nitrogen and oxygen atoms in total. The second-order valence-corrected chi connectivity index (χ2v) is 9.21. The number of benzene rings is 3. The van der Waals surface area contributed by atoms with Crippen molar-refractivity contribution in [3.8, 4) is 0 Å². The highest BCUT2D eigenvalue weighted by atomic mass is 35.5. The average molecular weight is 448 g/mol. The van der Waals surface area contributed by atoms with E-state index in [1.165, 1.54) is 11.1 Å². The fraction of sp³-hybridized carbons (Fsp3) is 0.296. The molecule has 3 N–H and O–H groups in total. The van der Waals surface area contributed by atoms with Gasteiger partial charge in [-0.25, -0.2) is 0 Å². The number of rotatable bonds is 6. The van der Waals surface area contributed by atoms with Gasteiger partial charge in [-0.15, -0.1) is 0 Å². The van der Waals surface area contributed by atoms with Gasteiger partial charge >= 0.3 is 0 Å². The molecular weight excluding hydrogens is 418 g/mol. The molecule has 1 heterocycles. The molecule has 0 aromatic heterocycles. The monoisotopic (exact) mass is 447 g/mol. The molecule has 3 aromatic carbocycles. The summed E-state index contributed by atoms with van der Waals surface area (Å²) in [5.74, 6) is -0.0812. The normalized spacial score (nSPS) is 13.7. The van der Waals surface area contributed by atoms with Crippen molar-refractivity contribution < 1.29 is 4.79 Å². The van der Waals surface area contributed by atoms with E-state index < -0.39 is 5.54 Å². The number of anilines is 1. The number of nitrogens with one attached hydrogen (secondary N) is 3. The third kappa shape index (κ3) is 5.14. The molecule has 32 heavy (non-hydrogen) atoms. The summed E-state index contributed by atoms with van der Waals surface area (Å²) in [7, 11) is 0. The Balaban J connectivity index is 1.42. The van der Waals surface area contributed by atoms with Crippen LogP contribution in [0.1, 0.15) is 46.5 Å². The van der Waals surface area contributed by atoms with Crippen LogP contribution in [0.5, 0.6) is 0 Å². The van der Waals surface area contributed by atoms with Crippen LogP contribution in [0.3, 0.4) is 0 Å². The van der Waals surface area contributed by atoms with Crippen molar-refractivity contribution in [3.63, 3.8) is 0 Å². The lowest BCUT2D eigenvalue weighted by atomic mass is 9.94. The second kappa shape index (κ2) is 9.76. The lowest BCUT2D eigenvalue weighted by molar-refractivity contribution is 0.0912. The van der Waals surface area contributed by atoms with Crippen molar-refractivity contribution in [1.82, 2.24) is 10.6 Å². The van der Waals surface area contributed by atoms with Crippen molar-refractivity contribution in [3.05, 3.63) is 99.6 Å². The standard InChI is InChI=1S/C27H30ClN3O/c1-27(2,22-6-4-3-5-7-22)31-26(32)21-10-8-19(9-11-21)18-30-25-23-15-17-29-16-14-20(23)12-13-24(25)28/h3-13,29-30H,14-18H2,1-2H3,(H,31,32). The van der Waals surface area contributed by atoms with Gasteiger partial charge in [0.15, 0.2) is 0 Å². The first kappa shape index (κ1) is 22.4. The van der Waals surface area contributed by atoms with Crippen LogP contribution in [-0.4, -0.2) is 19.0 Å². The van der Waals surface area contributed by atoms with Gasteiger partial charge in [-0.2, -0.15) is 0 Å². The Hall–Kier alpha value is -2.82. The molecule has 0 aliphatic carbocycles. The molecule has 0 spiro atoms. The Labute approximate surface area is 195 Å². The Bertz CT molecular complexity index is 1080. The van der Waals surface area contributed by atoms with Crippen molar-refractivity contribution in [2.75, 3.05) is 18.4 Å². The van der Waals surface area contributed by atoms with Gasteiger partial charge in [0.1, 0.15) is 0 Å². The number of halogens is 1. The maximum Gasteiger partial charge on any atom is 0.251 e. The minimum absolute atomic E-state index is 0.0812. The van der Waals surface area contributed by atoms with E-state index in [0.29, 0.717) is 12.1 Å². The summed E-state index contributed by atoms with van der Waals surface area (Å²) < 4.78 is 0. The lowest BCUT2D eigenvalue weighted by Gasteiger charge is -2.27. The van der Waals surface area contributed by atoms with Crippen LogP contribution in [0.4, 0.5) is 5.69 Å². The number of amides is 1. The maximum atomic E-state index is 12.8. The first-order valence-electron chi connectivity index (χ1n) is 11.2. The topological polar surface area (TPSA) is 53.2 Å². The van der Waals surface area contributed by atoms with Crippen molar-refractivity contribution >= 4 is 23.2 Å². The summed E-state index contributed by atoms with van der Waals surface area (Å²) in [6.07, 6.45) is 1.98. The third-order valence-corrected chi connectivity index (χ3v) is 6.40. The molecule has 0 radical (unpaired) electrons. The van der Waals surface area contributed by atoms with Crippen molar-refractivity contribution in [2.24, 2.45) is 0 Å². The molecule has 5 heteroatoms. The van der Waals surface area contributed by atoms with E-state index in [9.17, 15) is 4.79 Å². The van der Waals surface area contributed by atoms with Gasteiger partial charge in [0.2, 0.25) is 0 Å². The Morgan fingerprint density at radius 1 is 0.969 bits per heavy atom. The van der Waals surface area contributed by atoms with Crippen LogP contribution in [0, 0.1) is 0 Å². The molecule has 1 aliphatic heterocycles. The first-order valence-corrected chi connectivity index (χ1v) is 11.5. The van der Waals surface area contributed by atoms with Crippen LogP contribution in [0.15, 0.2) is 66.7 Å². The Morgan fingerprint density at radius 3 is 2.44 bits per heavy atom. The fourth-order valence-corrected chi connectivity index (χ4v) is 4.43. The highest BCUT2D eigenvalue weighted by molar-refractivity contribution is 6.33. The molecule has 0 unspecified atom stereocenters. The van der Waals surface area contributed by atoms with E-state index >= 15 is 0 Å². The number of carbonyl (C=O) groups excluding carboxylic acids is 1. The second-order valence-electron chi connectivity index (χ2n) is 8.81. The molecule has 3 aromatic rings. The molecule has 0 atom stereocenters. The Kier molecular flexibility index (Phi) is 6.83. The SMILES string of the molecule is CC(C)(NC(=O)c1ccc(CNc2c(Cl)ccc3c2CCNCC3)cc1)c1ccccc1. The van der Waals surface area contributed by atoms with E-state index in [-0.39, 0.29) is 5.91 Å². The van der Waals surface area contributed by atoms with Crippen LogP contribution in [0.25, 0.3) is 0 Å². The third-order valence-electron chi connectivity index (χ3n) is 6.09. The zero-order valence-corrected chi connectivity index (χ0v) is 19.4. The number of hydrogen-bond acceptors (Lipinski definition) is 3. The van der Waals surface area contributed by atoms with E-state index in [2.05, 4.69) is 22.0 Å². The summed E-state index contributed by atoms with van der Waals surface area (Å²) >= 11 is 6.52. The van der Waals surface area contributed by atoms with Gasteiger partial charge in [-0.1, -0.05) is 60.1 Å². The van der Waals surface area contributed by atoms with E-state index in [1.807, 2.05) is 74.5 Å². The average Bonchev–Trinajstić information content (AvgIpc) is 3.05. The summed E-state index contributed by atoms with van der Waals surface area (Å²) in [6.45, 7) is 6.64. The Morgan fingerprint density at radius 2 is 1.69 bits per heavy atom. The summed E-state index contributed by atoms with van der Waals surface area (Å²) in [4.78, 5) is 12.8. The fourth-order valence-electron chi connectivity index (χ4n) is 4.18. The van der Waals surface area contributed by atoms with Crippen molar-refractivity contribution in [2.45, 2.75) is 38.8 Å². The molecule has 1 amide bonds. The van der Waals surface area contributed by atoms with Crippen LogP contribution in [0.2, 0.25) is 5.02 Å². The maximum absolute atomic E-state index is 12.8. The zero-order chi connectivity index (χ0) is 22.6. The molecule has 0 bridgehead atoms. The van der Waals surface area contributed by atoms with Crippen LogP contribution < -0.4 is 16.0 Å². The largest absolute Gasteiger partial charge is 0.380 e. The number of hydrogen-bond donors (Lipinski definition) is 3. The van der Waals surface area contributed by atoms with Gasteiger partial charge in [0.05, 0.1) is 16.2 Å². The highest BCUT2D eigenvalue weighted by Gasteiger charge is 2.23. The summed E-state index contributed by atoms with van der Waals surface area (Å²) in [5, 5.41) is 10.9. The van der Waals surface area contributed by atoms with Gasteiger partial charge in [-0.05, 0) is 80.2 Å². The number of carbonyl (C=O) groups is 1. The van der Waals surface area contributed by atoms with Crippen LogP contribution >= 0.6 is 11.6 Å². The van der Waals surface area contributed by atoms with Gasteiger partial charge < -0.3 is 16.0 Å². The van der Waals surface area contributed by atoms with Gasteiger partial charge in [-0.3, -0.25) is 4.79 Å². The molecular formula is C27H30ClN3O. The van der Waals surface area contributed by atoms with Crippen molar-refractivity contribution in [1.29, 1.82) is 0 Å². The van der Waals surface area contributed by atoms with E-state index in [1.54, 1.807) is 0 Å². The molecule has 0 fully saturated rings. The predicted octanol–water partition coefficient (Wildman–Crippen LogP) is 5.31. The predicted molar refractivity (Wildman–Crippen MR) is 132 cm³/mol. The molecule has 1 aliphatic rings. The molecule has 0 saturated carbocycles. The quantitative estimate of drug-likeness (QED) is 0.480. The minimum Gasteiger partial charge on any atom is -0.380 e. The highest BCUT2D eigenvalue weighted by Crippen LogP contribution is 2.31. The van der Waals surface area contributed by atoms with Gasteiger partial charge in [0, 0.05) is 12.1 Å².